The second-order valence-corrected chi connectivity index (χ2v) is 6.35. The van der Waals surface area contributed by atoms with E-state index in [1.54, 1.807) is 7.11 Å². The van der Waals surface area contributed by atoms with Gasteiger partial charge in [-0.25, -0.2) is 9.59 Å². The summed E-state index contributed by atoms with van der Waals surface area (Å²) in [5.74, 6) is -2.94. The highest BCUT2D eigenvalue weighted by Gasteiger charge is 2.19. The Balaban J connectivity index is 0.000000379. The van der Waals surface area contributed by atoms with Crippen LogP contribution in [0.15, 0.2) is 28.7 Å². The number of halogens is 1. The number of likely N-dealkylation sites (tertiary alicyclic amines) is 1. The minimum atomic E-state index is -1.82. The van der Waals surface area contributed by atoms with Crippen molar-refractivity contribution in [2.45, 2.75) is 19.4 Å². The third kappa shape index (κ3) is 8.11. The van der Waals surface area contributed by atoms with Gasteiger partial charge in [-0.2, -0.15) is 0 Å². The molecule has 1 aromatic rings. The van der Waals surface area contributed by atoms with Crippen LogP contribution in [0.2, 0.25) is 0 Å². The number of carboxylic acids is 2. The Hall–Kier alpha value is -1.44. The van der Waals surface area contributed by atoms with E-state index in [-0.39, 0.29) is 0 Å². The number of aliphatic carboxylic acids is 2. The number of piperidine rings is 1. The van der Waals surface area contributed by atoms with Crippen LogP contribution in [0, 0.1) is 5.92 Å². The molecule has 1 aliphatic rings. The Morgan fingerprint density at radius 3 is 2.39 bits per heavy atom. The molecular weight excluding hydrogens is 366 g/mol. The van der Waals surface area contributed by atoms with E-state index in [1.807, 2.05) is 0 Å². The lowest BCUT2D eigenvalue weighted by Crippen LogP contribution is -2.36. The number of carbonyl (C=O) groups is 2. The number of ether oxygens (including phenoxy) is 1. The van der Waals surface area contributed by atoms with Gasteiger partial charge in [-0.3, -0.25) is 4.90 Å². The zero-order valence-electron chi connectivity index (χ0n) is 13.1. The molecule has 1 atom stereocenters. The summed E-state index contributed by atoms with van der Waals surface area (Å²) >= 11 is 3.47. The predicted molar refractivity (Wildman–Crippen MR) is 89.3 cm³/mol. The fourth-order valence-electron chi connectivity index (χ4n) is 2.51. The fourth-order valence-corrected chi connectivity index (χ4v) is 2.78. The van der Waals surface area contributed by atoms with E-state index in [0.717, 1.165) is 17.6 Å². The number of rotatable bonds is 4. The van der Waals surface area contributed by atoms with Crippen LogP contribution in [-0.2, 0) is 20.9 Å². The highest BCUT2D eigenvalue weighted by atomic mass is 79.9. The first-order valence-corrected chi connectivity index (χ1v) is 8.13. The summed E-state index contributed by atoms with van der Waals surface area (Å²) in [7, 11) is 1.80. The minimum Gasteiger partial charge on any atom is -0.473 e. The van der Waals surface area contributed by atoms with Crippen LogP contribution < -0.4 is 0 Å². The molecule has 128 valence electrons. The highest BCUT2D eigenvalue weighted by molar-refractivity contribution is 9.10. The molecule has 7 heteroatoms. The van der Waals surface area contributed by atoms with E-state index in [2.05, 4.69) is 45.1 Å². The lowest BCUT2D eigenvalue weighted by molar-refractivity contribution is -0.159. The fraction of sp³-hybridized carbons (Fsp3) is 0.500. The summed E-state index contributed by atoms with van der Waals surface area (Å²) in [6.45, 7) is 4.35. The number of carboxylic acid groups (broad SMARTS) is 2. The Bertz CT molecular complexity index is 492. The predicted octanol–water partition coefficient (Wildman–Crippen LogP) is 2.46. The smallest absolute Gasteiger partial charge is 0.414 e. The number of hydrogen-bond donors (Lipinski definition) is 2. The van der Waals surface area contributed by atoms with Gasteiger partial charge < -0.3 is 14.9 Å². The van der Waals surface area contributed by atoms with Gasteiger partial charge >= 0.3 is 11.9 Å². The first kappa shape index (κ1) is 19.6. The molecule has 6 nitrogen and oxygen atoms in total. The quantitative estimate of drug-likeness (QED) is 0.771. The van der Waals surface area contributed by atoms with Crippen molar-refractivity contribution >= 4 is 27.9 Å². The molecule has 0 aromatic heterocycles. The van der Waals surface area contributed by atoms with Gasteiger partial charge in [-0.15, -0.1) is 0 Å². The van der Waals surface area contributed by atoms with Gasteiger partial charge in [-0.05, 0) is 43.0 Å². The Morgan fingerprint density at radius 2 is 1.87 bits per heavy atom. The molecule has 0 amide bonds. The number of nitrogens with zero attached hydrogens (tertiary/aromatic N) is 1. The Kier molecular flexibility index (Phi) is 8.83. The van der Waals surface area contributed by atoms with Crippen LogP contribution >= 0.6 is 15.9 Å². The minimum absolute atomic E-state index is 0.712. The van der Waals surface area contributed by atoms with E-state index < -0.39 is 11.9 Å². The van der Waals surface area contributed by atoms with Crippen molar-refractivity contribution in [1.29, 1.82) is 0 Å². The normalized spacial score (nSPS) is 17.9. The molecule has 1 heterocycles. The summed E-state index contributed by atoms with van der Waals surface area (Å²) in [6.07, 6.45) is 2.61. The lowest BCUT2D eigenvalue weighted by Gasteiger charge is -2.32. The van der Waals surface area contributed by atoms with Gasteiger partial charge in [0.15, 0.2) is 0 Å². The van der Waals surface area contributed by atoms with Crippen LogP contribution in [-0.4, -0.2) is 53.9 Å². The van der Waals surface area contributed by atoms with E-state index >= 15 is 0 Å². The maximum atomic E-state index is 9.10. The molecule has 2 rings (SSSR count). The van der Waals surface area contributed by atoms with E-state index in [4.69, 9.17) is 24.5 Å². The standard InChI is InChI=1S/C14H20BrNO.C2H2O4/c1-17-11-13-3-2-8-16(10-13)9-12-4-6-14(15)7-5-12;3-1(4)2(5)6/h4-7,13H,2-3,8-11H2,1H3;(H,3,4)(H,5,6). The van der Waals surface area contributed by atoms with Gasteiger partial charge in [0.2, 0.25) is 0 Å². The monoisotopic (exact) mass is 387 g/mol. The SMILES string of the molecule is COCC1CCCN(Cc2ccc(Br)cc2)C1.O=C(O)C(=O)O. The molecule has 1 unspecified atom stereocenters. The first-order valence-electron chi connectivity index (χ1n) is 7.34. The summed E-state index contributed by atoms with van der Waals surface area (Å²) in [5, 5.41) is 14.8. The van der Waals surface area contributed by atoms with Crippen LogP contribution in [0.25, 0.3) is 0 Å². The number of hydrogen-bond acceptors (Lipinski definition) is 4. The molecular formula is C16H22BrNO5. The third-order valence-electron chi connectivity index (χ3n) is 3.51. The number of methoxy groups -OCH3 is 1. The highest BCUT2D eigenvalue weighted by Crippen LogP contribution is 2.19. The van der Waals surface area contributed by atoms with Gasteiger partial charge in [0.05, 0.1) is 6.61 Å². The Labute approximate surface area is 144 Å². The molecule has 0 aliphatic carbocycles. The molecule has 1 aliphatic heterocycles. The van der Waals surface area contributed by atoms with Crippen molar-refractivity contribution in [2.24, 2.45) is 5.92 Å². The first-order chi connectivity index (χ1) is 10.9. The average molecular weight is 388 g/mol. The molecule has 1 fully saturated rings. The van der Waals surface area contributed by atoms with Crippen molar-refractivity contribution in [2.75, 3.05) is 26.8 Å². The largest absolute Gasteiger partial charge is 0.473 e. The number of benzene rings is 1. The third-order valence-corrected chi connectivity index (χ3v) is 4.04. The van der Waals surface area contributed by atoms with Crippen molar-refractivity contribution in [1.82, 2.24) is 4.90 Å². The molecule has 23 heavy (non-hydrogen) atoms. The summed E-state index contributed by atoms with van der Waals surface area (Å²) < 4.78 is 6.41. The zero-order valence-corrected chi connectivity index (χ0v) is 14.7. The van der Waals surface area contributed by atoms with Crippen LogP contribution in [0.3, 0.4) is 0 Å². The molecule has 0 saturated carbocycles. The van der Waals surface area contributed by atoms with Crippen molar-refractivity contribution < 1.29 is 24.5 Å². The zero-order chi connectivity index (χ0) is 17.2. The maximum Gasteiger partial charge on any atom is 0.414 e. The van der Waals surface area contributed by atoms with Crippen molar-refractivity contribution in [3.8, 4) is 0 Å². The van der Waals surface area contributed by atoms with Gasteiger partial charge in [0.1, 0.15) is 0 Å². The topological polar surface area (TPSA) is 87.1 Å². The second-order valence-electron chi connectivity index (χ2n) is 5.44. The van der Waals surface area contributed by atoms with Crippen LogP contribution in [0.4, 0.5) is 0 Å². The van der Waals surface area contributed by atoms with Crippen molar-refractivity contribution in [3.63, 3.8) is 0 Å². The lowest BCUT2D eigenvalue weighted by atomic mass is 9.98. The van der Waals surface area contributed by atoms with E-state index in [0.29, 0.717) is 5.92 Å². The molecule has 1 aromatic carbocycles. The van der Waals surface area contributed by atoms with Crippen LogP contribution in [0.5, 0.6) is 0 Å². The van der Waals surface area contributed by atoms with Crippen molar-refractivity contribution in [3.05, 3.63) is 34.3 Å². The Morgan fingerprint density at radius 1 is 1.26 bits per heavy atom. The second kappa shape index (κ2) is 10.4. The van der Waals surface area contributed by atoms with E-state index in [9.17, 15) is 0 Å². The molecule has 0 bridgehead atoms. The van der Waals surface area contributed by atoms with Gasteiger partial charge in [0, 0.05) is 24.7 Å². The van der Waals surface area contributed by atoms with Crippen LogP contribution in [0.1, 0.15) is 18.4 Å². The molecule has 1 saturated heterocycles. The summed E-state index contributed by atoms with van der Waals surface area (Å²) in [4.78, 5) is 20.7. The maximum absolute atomic E-state index is 9.10. The van der Waals surface area contributed by atoms with E-state index in [1.165, 1.54) is 31.5 Å². The van der Waals surface area contributed by atoms with Gasteiger partial charge in [0.25, 0.3) is 0 Å². The average Bonchev–Trinajstić information content (AvgIpc) is 2.51. The molecule has 0 spiro atoms. The summed E-state index contributed by atoms with van der Waals surface area (Å²) in [6, 6.07) is 8.63. The molecule has 2 N–H and O–H groups in total. The summed E-state index contributed by atoms with van der Waals surface area (Å²) in [5.41, 5.74) is 1.39. The molecule has 0 radical (unpaired) electrons. The van der Waals surface area contributed by atoms with Gasteiger partial charge in [-0.1, -0.05) is 28.1 Å².